The molecule has 1 heterocycles. The van der Waals surface area contributed by atoms with Gasteiger partial charge in [0.25, 0.3) is 0 Å². The molecule has 1 aromatic carbocycles. The van der Waals surface area contributed by atoms with Crippen molar-refractivity contribution < 1.29 is 14.0 Å². The van der Waals surface area contributed by atoms with Crippen LogP contribution in [0.4, 0.5) is 0 Å². The van der Waals surface area contributed by atoms with E-state index in [1.54, 1.807) is 14.2 Å². The molecular formula is C13H16BrN3O3. The third-order valence-electron chi connectivity index (χ3n) is 2.80. The van der Waals surface area contributed by atoms with Gasteiger partial charge in [-0.05, 0) is 17.7 Å². The van der Waals surface area contributed by atoms with Crippen LogP contribution >= 0.6 is 15.9 Å². The smallest absolute Gasteiger partial charge is 0.213 e. The van der Waals surface area contributed by atoms with Crippen molar-refractivity contribution in [2.45, 2.75) is 13.0 Å². The summed E-state index contributed by atoms with van der Waals surface area (Å²) in [6, 6.07) is 3.85. The predicted octanol–water partition coefficient (Wildman–Crippen LogP) is 2.18. The summed E-state index contributed by atoms with van der Waals surface area (Å²) in [4.78, 5) is 3.96. The molecule has 0 atom stereocenters. The van der Waals surface area contributed by atoms with Gasteiger partial charge in [-0.15, -0.1) is 0 Å². The number of rotatable bonds is 7. The molecule has 1 N–H and O–H groups in total. The average molecular weight is 342 g/mol. The lowest BCUT2D eigenvalue weighted by Gasteiger charge is -2.12. The highest BCUT2D eigenvalue weighted by molar-refractivity contribution is 9.10. The van der Waals surface area contributed by atoms with Crippen molar-refractivity contribution in [3.8, 4) is 11.5 Å². The minimum Gasteiger partial charge on any atom is -0.493 e. The first-order valence-corrected chi connectivity index (χ1v) is 6.90. The first kappa shape index (κ1) is 14.8. The van der Waals surface area contributed by atoms with Gasteiger partial charge >= 0.3 is 0 Å². The zero-order valence-electron chi connectivity index (χ0n) is 11.4. The van der Waals surface area contributed by atoms with E-state index in [0.29, 0.717) is 23.9 Å². The Balaban J connectivity index is 1.92. The standard InChI is InChI=1S/C13H16BrN3O3/c1-18-11-5-9(10(14)6-12(11)19-2)7-15-4-3-13-16-8-20-17-13/h5-6,8,15H,3-4,7H2,1-2H3. The van der Waals surface area contributed by atoms with Crippen LogP contribution in [0.25, 0.3) is 0 Å². The van der Waals surface area contributed by atoms with Crippen LogP contribution in [0, 0.1) is 0 Å². The van der Waals surface area contributed by atoms with Crippen LogP contribution in [-0.4, -0.2) is 30.9 Å². The molecule has 7 heteroatoms. The molecule has 0 bridgehead atoms. The highest BCUT2D eigenvalue weighted by atomic mass is 79.9. The number of ether oxygens (including phenoxy) is 2. The fourth-order valence-electron chi connectivity index (χ4n) is 1.76. The molecule has 0 fully saturated rings. The van der Waals surface area contributed by atoms with Gasteiger partial charge in [-0.3, -0.25) is 0 Å². The Morgan fingerprint density at radius 2 is 2.00 bits per heavy atom. The second kappa shape index (κ2) is 7.25. The largest absolute Gasteiger partial charge is 0.493 e. The van der Waals surface area contributed by atoms with Gasteiger partial charge in [0.1, 0.15) is 0 Å². The minimum atomic E-state index is 0.698. The lowest BCUT2D eigenvalue weighted by molar-refractivity contribution is 0.354. The van der Waals surface area contributed by atoms with Gasteiger partial charge in [-0.1, -0.05) is 21.1 Å². The molecule has 108 valence electrons. The predicted molar refractivity (Wildman–Crippen MR) is 77.0 cm³/mol. The molecule has 0 amide bonds. The van der Waals surface area contributed by atoms with Crippen LogP contribution in [0.2, 0.25) is 0 Å². The summed E-state index contributed by atoms with van der Waals surface area (Å²) in [5, 5.41) is 7.08. The molecule has 0 spiro atoms. The van der Waals surface area contributed by atoms with Crippen LogP contribution < -0.4 is 14.8 Å². The lowest BCUT2D eigenvalue weighted by Crippen LogP contribution is -2.17. The van der Waals surface area contributed by atoms with E-state index in [1.165, 1.54) is 6.39 Å². The molecule has 1 aromatic heterocycles. The molecule has 0 saturated carbocycles. The van der Waals surface area contributed by atoms with E-state index < -0.39 is 0 Å². The second-order valence-corrected chi connectivity index (χ2v) is 4.93. The van der Waals surface area contributed by atoms with E-state index in [4.69, 9.17) is 9.47 Å². The highest BCUT2D eigenvalue weighted by Crippen LogP contribution is 2.33. The molecule has 0 radical (unpaired) electrons. The van der Waals surface area contributed by atoms with Gasteiger partial charge in [-0.2, -0.15) is 4.98 Å². The molecule has 0 aliphatic carbocycles. The van der Waals surface area contributed by atoms with Crippen LogP contribution in [0.1, 0.15) is 11.4 Å². The summed E-state index contributed by atoms with van der Waals surface area (Å²) in [7, 11) is 3.24. The number of aromatic nitrogens is 2. The third-order valence-corrected chi connectivity index (χ3v) is 3.54. The maximum Gasteiger partial charge on any atom is 0.213 e. The summed E-state index contributed by atoms with van der Waals surface area (Å²) in [6.07, 6.45) is 2.06. The number of nitrogens with one attached hydrogen (secondary N) is 1. The molecule has 0 saturated heterocycles. The van der Waals surface area contributed by atoms with E-state index in [-0.39, 0.29) is 0 Å². The van der Waals surface area contributed by atoms with E-state index in [2.05, 4.69) is 35.9 Å². The molecule has 0 aliphatic heterocycles. The van der Waals surface area contributed by atoms with Crippen molar-refractivity contribution in [1.29, 1.82) is 0 Å². The van der Waals surface area contributed by atoms with Crippen molar-refractivity contribution in [3.63, 3.8) is 0 Å². The quantitative estimate of drug-likeness (QED) is 0.778. The Bertz CT molecular complexity index is 546. The summed E-state index contributed by atoms with van der Waals surface area (Å²) in [6.45, 7) is 1.47. The van der Waals surface area contributed by atoms with Crippen LogP contribution in [0.5, 0.6) is 11.5 Å². The molecule has 2 rings (SSSR count). The number of halogens is 1. The number of nitrogens with zero attached hydrogens (tertiary/aromatic N) is 2. The Hall–Kier alpha value is -1.60. The Kier molecular flexibility index (Phi) is 5.37. The van der Waals surface area contributed by atoms with Crippen molar-refractivity contribution in [1.82, 2.24) is 15.5 Å². The van der Waals surface area contributed by atoms with Gasteiger partial charge in [0.15, 0.2) is 17.3 Å². The van der Waals surface area contributed by atoms with E-state index in [1.807, 2.05) is 12.1 Å². The number of methoxy groups -OCH3 is 2. The lowest BCUT2D eigenvalue weighted by atomic mass is 10.2. The summed E-state index contributed by atoms with van der Waals surface area (Å²) < 4.78 is 16.2. The van der Waals surface area contributed by atoms with Crippen LogP contribution in [0.15, 0.2) is 27.5 Å². The van der Waals surface area contributed by atoms with E-state index in [9.17, 15) is 0 Å². The SMILES string of the molecule is COc1cc(Br)c(CNCCc2ncon2)cc1OC. The Morgan fingerprint density at radius 3 is 2.65 bits per heavy atom. The summed E-state index contributed by atoms with van der Waals surface area (Å²) in [5.41, 5.74) is 1.09. The first-order valence-electron chi connectivity index (χ1n) is 6.11. The fraction of sp³-hybridized carbons (Fsp3) is 0.385. The zero-order valence-corrected chi connectivity index (χ0v) is 12.9. The molecule has 20 heavy (non-hydrogen) atoms. The Morgan fingerprint density at radius 1 is 1.25 bits per heavy atom. The normalized spacial score (nSPS) is 10.6. The summed E-state index contributed by atoms with van der Waals surface area (Å²) >= 11 is 3.53. The molecule has 0 aliphatic rings. The number of benzene rings is 1. The number of hydrogen-bond donors (Lipinski definition) is 1. The van der Waals surface area contributed by atoms with Gasteiger partial charge in [0.05, 0.1) is 14.2 Å². The maximum atomic E-state index is 5.29. The maximum absolute atomic E-state index is 5.29. The van der Waals surface area contributed by atoms with Crippen LogP contribution in [-0.2, 0) is 13.0 Å². The van der Waals surface area contributed by atoms with Crippen molar-refractivity contribution in [3.05, 3.63) is 34.4 Å². The van der Waals surface area contributed by atoms with Crippen molar-refractivity contribution >= 4 is 15.9 Å². The van der Waals surface area contributed by atoms with E-state index >= 15 is 0 Å². The average Bonchev–Trinajstić information content (AvgIpc) is 2.97. The van der Waals surface area contributed by atoms with Gasteiger partial charge in [0.2, 0.25) is 6.39 Å². The third kappa shape index (κ3) is 3.71. The monoisotopic (exact) mass is 341 g/mol. The molecular weight excluding hydrogens is 326 g/mol. The molecule has 0 unspecified atom stereocenters. The minimum absolute atomic E-state index is 0.698. The zero-order chi connectivity index (χ0) is 14.4. The second-order valence-electron chi connectivity index (χ2n) is 4.07. The van der Waals surface area contributed by atoms with Crippen LogP contribution in [0.3, 0.4) is 0 Å². The van der Waals surface area contributed by atoms with Gasteiger partial charge in [0, 0.05) is 24.0 Å². The fourth-order valence-corrected chi connectivity index (χ4v) is 2.22. The highest BCUT2D eigenvalue weighted by Gasteiger charge is 2.09. The van der Waals surface area contributed by atoms with Crippen molar-refractivity contribution in [2.24, 2.45) is 0 Å². The number of hydrogen-bond acceptors (Lipinski definition) is 6. The van der Waals surface area contributed by atoms with E-state index in [0.717, 1.165) is 23.0 Å². The van der Waals surface area contributed by atoms with Crippen molar-refractivity contribution in [2.75, 3.05) is 20.8 Å². The summed E-state index contributed by atoms with van der Waals surface area (Å²) in [5.74, 6) is 2.12. The topological polar surface area (TPSA) is 69.4 Å². The molecule has 2 aromatic rings. The first-order chi connectivity index (χ1) is 9.74. The van der Waals surface area contributed by atoms with Gasteiger partial charge < -0.3 is 19.3 Å². The Labute approximate surface area is 125 Å². The molecule has 6 nitrogen and oxygen atoms in total. The van der Waals surface area contributed by atoms with Gasteiger partial charge in [-0.25, -0.2) is 0 Å².